The molecule has 0 aliphatic rings. The highest BCUT2D eigenvalue weighted by Gasteiger charge is 2.26. The van der Waals surface area contributed by atoms with E-state index in [0.29, 0.717) is 6.92 Å². The molecular formula is C2H3F3OS. The molecule has 0 aromatic rings. The SMILES string of the molecule is CC(=O)S(F)(F)F. The van der Waals surface area contributed by atoms with E-state index in [0.717, 1.165) is 0 Å². The van der Waals surface area contributed by atoms with Crippen LogP contribution < -0.4 is 0 Å². The van der Waals surface area contributed by atoms with Crippen LogP contribution in [0, 0.1) is 0 Å². The smallest absolute Gasteiger partial charge is 0.270 e. The highest BCUT2D eigenvalue weighted by atomic mass is 32.3. The summed E-state index contributed by atoms with van der Waals surface area (Å²) in [5.41, 5.74) is 0. The maximum absolute atomic E-state index is 10.9. The summed E-state index contributed by atoms with van der Waals surface area (Å²) >= 11 is -5.38. The predicted molar refractivity (Wildman–Crippen MR) is 21.6 cm³/mol. The zero-order valence-electron chi connectivity index (χ0n) is 3.45. The molecule has 0 saturated carbocycles. The van der Waals surface area contributed by atoms with Crippen LogP contribution in [-0.4, -0.2) is 5.12 Å². The molecule has 1 nitrogen and oxygen atoms in total. The van der Waals surface area contributed by atoms with Crippen molar-refractivity contribution in [3.8, 4) is 0 Å². The van der Waals surface area contributed by atoms with Crippen molar-refractivity contribution in [3.63, 3.8) is 0 Å². The Balaban J connectivity index is 3.79. The standard InChI is InChI=1S/C2H3F3OS/c1-2(6)7(3,4)5/h1H3. The first kappa shape index (κ1) is 6.81. The molecule has 44 valence electrons. The molecule has 0 aromatic heterocycles. The molecule has 0 aromatic carbocycles. The second kappa shape index (κ2) is 1.73. The van der Waals surface area contributed by atoms with Gasteiger partial charge in [-0.2, -0.15) is 0 Å². The van der Waals surface area contributed by atoms with Crippen LogP contribution in [0.25, 0.3) is 0 Å². The molecule has 7 heavy (non-hydrogen) atoms. The van der Waals surface area contributed by atoms with Gasteiger partial charge < -0.3 is 0 Å². The molecule has 5 heteroatoms. The van der Waals surface area contributed by atoms with Crippen molar-refractivity contribution in [3.05, 3.63) is 0 Å². The fraction of sp³-hybridized carbons (Fsp3) is 0.500. The molecule has 0 heterocycles. The minimum Gasteiger partial charge on any atom is -0.281 e. The number of hydrogen-bond donors (Lipinski definition) is 0. The normalized spacial score (nSPS) is 13.7. The van der Waals surface area contributed by atoms with Gasteiger partial charge in [-0.15, -0.1) is 11.7 Å². The van der Waals surface area contributed by atoms with Crippen molar-refractivity contribution in [2.75, 3.05) is 0 Å². The number of carbonyl (C=O) groups excluding carboxylic acids is 1. The first-order chi connectivity index (χ1) is 2.94. The molecule has 0 N–H and O–H groups in total. The molecule has 0 fully saturated rings. The van der Waals surface area contributed by atoms with Crippen molar-refractivity contribution in [1.82, 2.24) is 0 Å². The Morgan fingerprint density at radius 1 is 1.43 bits per heavy atom. The van der Waals surface area contributed by atoms with Crippen LogP contribution in [0.4, 0.5) is 11.7 Å². The maximum atomic E-state index is 10.9. The quantitative estimate of drug-likeness (QED) is 0.492. The van der Waals surface area contributed by atoms with Crippen molar-refractivity contribution in [1.29, 1.82) is 0 Å². The van der Waals surface area contributed by atoms with Crippen molar-refractivity contribution < 1.29 is 16.5 Å². The minimum atomic E-state index is -5.38. The third-order valence-corrected chi connectivity index (χ3v) is 0.978. The topological polar surface area (TPSA) is 17.1 Å². The lowest BCUT2D eigenvalue weighted by atomic mass is 10.9. The summed E-state index contributed by atoms with van der Waals surface area (Å²) in [5.74, 6) is 0. The Labute approximate surface area is 40.7 Å². The molecule has 0 aliphatic carbocycles. The van der Waals surface area contributed by atoms with Gasteiger partial charge in [0, 0.05) is 6.92 Å². The lowest BCUT2D eigenvalue weighted by Gasteiger charge is -2.00. The zero-order chi connectivity index (χ0) is 6.08. The van der Waals surface area contributed by atoms with Crippen LogP contribution in [0.15, 0.2) is 0 Å². The van der Waals surface area contributed by atoms with E-state index in [9.17, 15) is 16.5 Å². The van der Waals surface area contributed by atoms with E-state index in [4.69, 9.17) is 0 Å². The summed E-state index contributed by atoms with van der Waals surface area (Å²) in [6.07, 6.45) is 0. The van der Waals surface area contributed by atoms with Gasteiger partial charge in [0.15, 0.2) is 0 Å². The summed E-state index contributed by atoms with van der Waals surface area (Å²) in [6, 6.07) is 0. The predicted octanol–water partition coefficient (Wildman–Crippen LogP) is 1.99. The Morgan fingerprint density at radius 3 is 1.57 bits per heavy atom. The fourth-order valence-corrected chi connectivity index (χ4v) is 0. The summed E-state index contributed by atoms with van der Waals surface area (Å²) in [4.78, 5) is 9.38. The van der Waals surface area contributed by atoms with E-state index in [1.54, 1.807) is 0 Å². The number of hydrogen-bond acceptors (Lipinski definition) is 1. The highest BCUT2D eigenvalue weighted by molar-refractivity contribution is 8.33. The molecule has 0 atom stereocenters. The van der Waals surface area contributed by atoms with Gasteiger partial charge in [-0.05, 0) is 0 Å². The van der Waals surface area contributed by atoms with Gasteiger partial charge in [-0.1, -0.05) is 0 Å². The molecule has 0 saturated heterocycles. The molecule has 0 aliphatic heterocycles. The zero-order valence-corrected chi connectivity index (χ0v) is 4.27. The molecule has 0 rings (SSSR count). The van der Waals surface area contributed by atoms with E-state index in [1.165, 1.54) is 0 Å². The number of rotatable bonds is 0. The van der Waals surface area contributed by atoms with Gasteiger partial charge in [-0.3, -0.25) is 4.79 Å². The van der Waals surface area contributed by atoms with Gasteiger partial charge in [0.05, 0.1) is 0 Å². The van der Waals surface area contributed by atoms with E-state index in [1.807, 2.05) is 0 Å². The van der Waals surface area contributed by atoms with E-state index >= 15 is 0 Å². The summed E-state index contributed by atoms with van der Waals surface area (Å²) < 4.78 is 32.7. The molecule has 0 unspecified atom stereocenters. The van der Waals surface area contributed by atoms with E-state index in [-0.39, 0.29) is 0 Å². The third kappa shape index (κ3) is 2.50. The van der Waals surface area contributed by atoms with Gasteiger partial charge in [0.1, 0.15) is 0 Å². The average Bonchev–Trinajstić information content (AvgIpc) is 1.31. The average molecular weight is 132 g/mol. The van der Waals surface area contributed by atoms with E-state index < -0.39 is 16.3 Å². The maximum Gasteiger partial charge on any atom is 0.270 e. The first-order valence-corrected chi connectivity index (χ1v) is 2.71. The fourth-order valence-electron chi connectivity index (χ4n) is 0. The van der Waals surface area contributed by atoms with Gasteiger partial charge in [0.25, 0.3) is 16.3 Å². The van der Waals surface area contributed by atoms with Crippen LogP contribution >= 0.6 is 11.2 Å². The molecular weight excluding hydrogens is 129 g/mol. The molecule has 0 amide bonds. The van der Waals surface area contributed by atoms with Gasteiger partial charge in [0.2, 0.25) is 0 Å². The van der Waals surface area contributed by atoms with Crippen molar-refractivity contribution in [2.45, 2.75) is 6.92 Å². The van der Waals surface area contributed by atoms with Crippen molar-refractivity contribution >= 4 is 16.3 Å². The summed E-state index contributed by atoms with van der Waals surface area (Å²) in [7, 11) is 0. The van der Waals surface area contributed by atoms with E-state index in [2.05, 4.69) is 0 Å². The Morgan fingerprint density at radius 2 is 1.57 bits per heavy atom. The Kier molecular flexibility index (Phi) is 1.68. The second-order valence-electron chi connectivity index (χ2n) is 0.898. The van der Waals surface area contributed by atoms with Crippen LogP contribution in [0.5, 0.6) is 0 Å². The molecule has 0 spiro atoms. The number of carbonyl (C=O) groups is 1. The Bertz CT molecular complexity index is 85.4. The summed E-state index contributed by atoms with van der Waals surface area (Å²) in [6.45, 7) is 0.523. The lowest BCUT2D eigenvalue weighted by Crippen LogP contribution is -1.88. The lowest BCUT2D eigenvalue weighted by molar-refractivity contribution is -0.110. The van der Waals surface area contributed by atoms with Crippen molar-refractivity contribution in [2.24, 2.45) is 0 Å². The van der Waals surface area contributed by atoms with Crippen LogP contribution in [0.3, 0.4) is 0 Å². The van der Waals surface area contributed by atoms with Crippen LogP contribution in [0.1, 0.15) is 6.92 Å². The van der Waals surface area contributed by atoms with Gasteiger partial charge in [-0.25, -0.2) is 0 Å². The molecule has 0 bridgehead atoms. The van der Waals surface area contributed by atoms with Crippen LogP contribution in [-0.2, 0) is 4.79 Å². The molecule has 0 radical (unpaired) electrons. The summed E-state index contributed by atoms with van der Waals surface area (Å²) in [5, 5.41) is -1.67. The Hall–Kier alpha value is -0.190. The first-order valence-electron chi connectivity index (χ1n) is 1.37. The third-order valence-electron chi connectivity index (χ3n) is 0.326. The number of halogens is 3. The van der Waals surface area contributed by atoms with Gasteiger partial charge >= 0.3 is 0 Å². The highest BCUT2D eigenvalue weighted by Crippen LogP contribution is 2.53. The largest absolute Gasteiger partial charge is 0.281 e. The van der Waals surface area contributed by atoms with Crippen LogP contribution in [0.2, 0.25) is 0 Å². The monoisotopic (exact) mass is 132 g/mol. The minimum absolute atomic E-state index is 0.523. The second-order valence-corrected chi connectivity index (χ2v) is 2.29.